The largest absolute Gasteiger partial charge is 0.472 e. The average Bonchev–Trinajstić information content (AvgIpc) is 1.45. The van der Waals surface area contributed by atoms with Crippen molar-refractivity contribution in [2.75, 3.05) is 39.6 Å². The van der Waals surface area contributed by atoms with Crippen molar-refractivity contribution < 1.29 is 80.2 Å². The maximum Gasteiger partial charge on any atom is 0.472 e. The van der Waals surface area contributed by atoms with Gasteiger partial charge in [-0.25, -0.2) is 9.13 Å². The molecule has 0 heterocycles. The summed E-state index contributed by atoms with van der Waals surface area (Å²) in [5.74, 6) is -1.32. The van der Waals surface area contributed by atoms with Gasteiger partial charge in [0.1, 0.15) is 19.3 Å². The third-order valence-electron chi connectivity index (χ3n) is 17.5. The van der Waals surface area contributed by atoms with Gasteiger partial charge in [0, 0.05) is 25.7 Å². The summed E-state index contributed by atoms with van der Waals surface area (Å²) in [5, 5.41) is 10.6. The molecule has 0 aromatic heterocycles. The third-order valence-corrected chi connectivity index (χ3v) is 19.4. The highest BCUT2D eigenvalue weighted by Crippen LogP contribution is 2.45. The van der Waals surface area contributed by atoms with Crippen LogP contribution in [0.3, 0.4) is 0 Å². The van der Waals surface area contributed by atoms with E-state index in [0.29, 0.717) is 25.7 Å². The molecule has 0 saturated heterocycles. The van der Waals surface area contributed by atoms with Crippen molar-refractivity contribution in [3.8, 4) is 0 Å². The number of esters is 4. The van der Waals surface area contributed by atoms with Crippen LogP contribution in [0.1, 0.15) is 394 Å². The van der Waals surface area contributed by atoms with Crippen molar-refractivity contribution in [1.82, 2.24) is 0 Å². The van der Waals surface area contributed by atoms with Crippen molar-refractivity contribution in [2.45, 2.75) is 412 Å². The van der Waals surface area contributed by atoms with Gasteiger partial charge in [-0.05, 0) is 31.6 Å². The second-order valence-corrected chi connectivity index (χ2v) is 30.4. The molecule has 17 nitrogen and oxygen atoms in total. The Labute approximate surface area is 575 Å². The molecule has 3 N–H and O–H groups in total. The summed E-state index contributed by atoms with van der Waals surface area (Å²) in [6.45, 7) is 7.23. The zero-order valence-electron chi connectivity index (χ0n) is 61.1. The molecule has 0 aliphatic rings. The lowest BCUT2D eigenvalue weighted by Gasteiger charge is -2.21. The van der Waals surface area contributed by atoms with Crippen LogP contribution in [0.5, 0.6) is 0 Å². The fourth-order valence-corrected chi connectivity index (χ4v) is 13.1. The number of aliphatic hydroxyl groups is 1. The summed E-state index contributed by atoms with van der Waals surface area (Å²) >= 11 is 0. The van der Waals surface area contributed by atoms with Gasteiger partial charge in [0.25, 0.3) is 0 Å². The van der Waals surface area contributed by atoms with E-state index in [4.69, 9.17) is 37.0 Å². The molecule has 0 rings (SSSR count). The smallest absolute Gasteiger partial charge is 0.462 e. The minimum absolute atomic E-state index is 0.107. The molecule has 0 amide bonds. The van der Waals surface area contributed by atoms with E-state index in [1.807, 2.05) is 0 Å². The van der Waals surface area contributed by atoms with Gasteiger partial charge in [-0.2, -0.15) is 0 Å². The summed E-state index contributed by atoms with van der Waals surface area (Å²) in [4.78, 5) is 72.5. The van der Waals surface area contributed by atoms with Crippen LogP contribution >= 0.6 is 15.6 Å². The number of carbonyl (C=O) groups is 4. The van der Waals surface area contributed by atoms with E-state index >= 15 is 0 Å². The Balaban J connectivity index is 5.14. The third kappa shape index (κ3) is 68.6. The van der Waals surface area contributed by atoms with E-state index in [2.05, 4.69) is 34.6 Å². The van der Waals surface area contributed by atoms with Crippen LogP contribution in [0.4, 0.5) is 0 Å². The van der Waals surface area contributed by atoms with Crippen LogP contribution in [-0.4, -0.2) is 96.7 Å². The second kappa shape index (κ2) is 68.2. The summed E-state index contributed by atoms with van der Waals surface area (Å²) in [7, 11) is -9.90. The lowest BCUT2D eigenvalue weighted by Crippen LogP contribution is -2.30. The van der Waals surface area contributed by atoms with Crippen LogP contribution in [0, 0.1) is 5.92 Å². The van der Waals surface area contributed by atoms with E-state index in [9.17, 15) is 43.2 Å². The molecule has 5 atom stereocenters. The average molecular weight is 1380 g/mol. The maximum atomic E-state index is 13.1. The lowest BCUT2D eigenvalue weighted by atomic mass is 10.0. The van der Waals surface area contributed by atoms with Gasteiger partial charge in [-0.3, -0.25) is 37.3 Å². The fourth-order valence-electron chi connectivity index (χ4n) is 11.5. The molecule has 2 unspecified atom stereocenters. The number of hydrogen-bond acceptors (Lipinski definition) is 15. The quantitative estimate of drug-likeness (QED) is 0.0222. The molecular formula is C75H146O17P2. The van der Waals surface area contributed by atoms with Gasteiger partial charge in [-0.15, -0.1) is 0 Å². The Hall–Kier alpha value is -1.94. The van der Waals surface area contributed by atoms with Crippen LogP contribution in [0.15, 0.2) is 0 Å². The van der Waals surface area contributed by atoms with Gasteiger partial charge in [0.05, 0.1) is 26.4 Å². The number of rotatable bonds is 75. The molecule has 0 fully saturated rings. The Morgan fingerprint density at radius 3 is 0.723 bits per heavy atom. The van der Waals surface area contributed by atoms with E-state index in [1.54, 1.807) is 0 Å². The van der Waals surface area contributed by atoms with Crippen molar-refractivity contribution in [3.63, 3.8) is 0 Å². The highest BCUT2D eigenvalue weighted by atomic mass is 31.2. The molecule has 0 radical (unpaired) electrons. The van der Waals surface area contributed by atoms with Crippen LogP contribution in [-0.2, 0) is 65.4 Å². The molecule has 0 aromatic carbocycles. The minimum Gasteiger partial charge on any atom is -0.462 e. The fraction of sp³-hybridized carbons (Fsp3) is 0.947. The first-order valence-electron chi connectivity index (χ1n) is 39.1. The van der Waals surface area contributed by atoms with E-state index in [-0.39, 0.29) is 25.7 Å². The molecule has 0 saturated carbocycles. The predicted octanol–water partition coefficient (Wildman–Crippen LogP) is 22.1. The standard InChI is InChI=1S/C75H146O17P2/c1-6-9-12-15-17-19-21-23-25-26-29-33-36-40-44-49-54-59-73(78)86-65-71(92-75(80)61-56-51-46-42-38-34-30-27-28-31-35-39-43-48-52-57-68(4)5)67-90-94(83,84)88-63-69(76)62-87-93(81,82)89-66-70(64-85-72(77)58-53-47-14-11-8-3)91-74(79)60-55-50-45-41-37-32-24-22-20-18-16-13-10-7-2/h68-71,76H,6-67H2,1-5H3,(H,81,82)(H,83,84)/t69-,70+,71+/m0/s1. The topological polar surface area (TPSA) is 237 Å². The maximum absolute atomic E-state index is 13.1. The number of phosphoric acid groups is 2. The summed E-state index contributed by atoms with van der Waals surface area (Å²) < 4.78 is 68.3. The molecule has 19 heteroatoms. The first-order chi connectivity index (χ1) is 45.5. The molecule has 0 aliphatic heterocycles. The van der Waals surface area contributed by atoms with Gasteiger partial charge in [-0.1, -0.05) is 343 Å². The zero-order valence-corrected chi connectivity index (χ0v) is 62.9. The highest BCUT2D eigenvalue weighted by Gasteiger charge is 2.30. The number of hydrogen-bond donors (Lipinski definition) is 3. The molecule has 94 heavy (non-hydrogen) atoms. The SMILES string of the molecule is CCCCCCCCCCCCCCCCCCCC(=O)OC[C@H](COP(=O)(O)OC[C@@H](O)COP(=O)(O)OC[C@@H](COC(=O)CCCCCCC)OC(=O)CCCCCCCCCCCCCCCC)OC(=O)CCCCCCCCCCCCCCCCCC(C)C. The number of phosphoric ester groups is 2. The summed E-state index contributed by atoms with van der Waals surface area (Å²) in [6, 6.07) is 0. The van der Waals surface area contributed by atoms with E-state index in [0.717, 1.165) is 102 Å². The lowest BCUT2D eigenvalue weighted by molar-refractivity contribution is -0.161. The van der Waals surface area contributed by atoms with Crippen molar-refractivity contribution in [1.29, 1.82) is 0 Å². The number of ether oxygens (including phenoxy) is 4. The number of unbranched alkanes of at least 4 members (excludes halogenated alkanes) is 47. The van der Waals surface area contributed by atoms with Gasteiger partial charge >= 0.3 is 39.5 Å². The van der Waals surface area contributed by atoms with Crippen molar-refractivity contribution >= 4 is 39.5 Å². The Bertz CT molecular complexity index is 1810. The second-order valence-electron chi connectivity index (χ2n) is 27.5. The molecule has 558 valence electrons. The summed E-state index contributed by atoms with van der Waals surface area (Å²) in [5.41, 5.74) is 0. The monoisotopic (exact) mass is 1380 g/mol. The minimum atomic E-state index is -4.95. The summed E-state index contributed by atoms with van der Waals surface area (Å²) in [6.07, 6.45) is 57.2. The normalized spacial score (nSPS) is 14.0. The number of aliphatic hydroxyl groups excluding tert-OH is 1. The molecule has 0 aromatic rings. The van der Waals surface area contributed by atoms with E-state index < -0.39 is 97.5 Å². The Morgan fingerprint density at radius 1 is 0.287 bits per heavy atom. The van der Waals surface area contributed by atoms with Gasteiger partial charge < -0.3 is 33.8 Å². The first kappa shape index (κ1) is 92.1. The molecule has 0 spiro atoms. The predicted molar refractivity (Wildman–Crippen MR) is 382 cm³/mol. The van der Waals surface area contributed by atoms with E-state index in [1.165, 1.54) is 212 Å². The zero-order chi connectivity index (χ0) is 69.1. The number of carbonyl (C=O) groups excluding carboxylic acids is 4. The van der Waals surface area contributed by atoms with Gasteiger partial charge in [0.15, 0.2) is 12.2 Å². The molecular weight excluding hydrogens is 1230 g/mol. The first-order valence-corrected chi connectivity index (χ1v) is 42.1. The molecule has 0 bridgehead atoms. The van der Waals surface area contributed by atoms with Crippen molar-refractivity contribution in [3.05, 3.63) is 0 Å². The van der Waals surface area contributed by atoms with Crippen LogP contribution in [0.2, 0.25) is 0 Å². The van der Waals surface area contributed by atoms with Crippen LogP contribution in [0.25, 0.3) is 0 Å². The highest BCUT2D eigenvalue weighted by molar-refractivity contribution is 7.47. The van der Waals surface area contributed by atoms with Crippen molar-refractivity contribution in [2.24, 2.45) is 5.92 Å². The van der Waals surface area contributed by atoms with Gasteiger partial charge in [0.2, 0.25) is 0 Å². The Kier molecular flexibility index (Phi) is 66.8. The van der Waals surface area contributed by atoms with Crippen LogP contribution < -0.4 is 0 Å². The Morgan fingerprint density at radius 2 is 0.489 bits per heavy atom. The molecule has 0 aliphatic carbocycles.